The number of aromatic nitrogens is 2. The van der Waals surface area contributed by atoms with Crippen LogP contribution in [-0.4, -0.2) is 21.7 Å². The van der Waals surface area contributed by atoms with Gasteiger partial charge in [-0.1, -0.05) is 6.57 Å². The molecule has 0 saturated heterocycles. The smallest absolute Gasteiger partial charge is 0.315 e. The van der Waals surface area contributed by atoms with E-state index in [2.05, 4.69) is 14.8 Å². The van der Waals surface area contributed by atoms with Gasteiger partial charge in [0.25, 0.3) is 5.82 Å². The van der Waals surface area contributed by atoms with Crippen LogP contribution in [0.15, 0.2) is 12.4 Å². The Bertz CT molecular complexity index is 331. The zero-order valence-electron chi connectivity index (χ0n) is 6.41. The zero-order valence-corrected chi connectivity index (χ0v) is 6.41. The maximum atomic E-state index is 12.7. The SMILES string of the molecule is [C-]#[N+]c1cnc(C(F)(F)CO)cn1. The van der Waals surface area contributed by atoms with Crippen molar-refractivity contribution in [3.05, 3.63) is 29.5 Å². The van der Waals surface area contributed by atoms with E-state index in [0.717, 1.165) is 12.4 Å². The van der Waals surface area contributed by atoms with Crippen LogP contribution < -0.4 is 0 Å². The molecule has 0 bridgehead atoms. The van der Waals surface area contributed by atoms with Gasteiger partial charge in [-0.25, -0.2) is 0 Å². The summed E-state index contributed by atoms with van der Waals surface area (Å²) in [6, 6.07) is 0. The summed E-state index contributed by atoms with van der Waals surface area (Å²) in [5, 5.41) is 8.30. The van der Waals surface area contributed by atoms with Crippen molar-refractivity contribution in [2.75, 3.05) is 6.61 Å². The molecule has 0 fully saturated rings. The molecule has 1 N–H and O–H groups in total. The average Bonchev–Trinajstić information content (AvgIpc) is 2.18. The summed E-state index contributed by atoms with van der Waals surface area (Å²) in [6.07, 6.45) is 1.72. The maximum Gasteiger partial charge on any atom is 0.315 e. The van der Waals surface area contributed by atoms with Crippen molar-refractivity contribution >= 4 is 5.82 Å². The van der Waals surface area contributed by atoms with Crippen LogP contribution in [0.4, 0.5) is 14.6 Å². The lowest BCUT2D eigenvalue weighted by Crippen LogP contribution is -2.20. The van der Waals surface area contributed by atoms with Crippen LogP contribution in [-0.2, 0) is 5.92 Å². The van der Waals surface area contributed by atoms with Crippen molar-refractivity contribution in [1.29, 1.82) is 0 Å². The quantitative estimate of drug-likeness (QED) is 0.702. The molecule has 0 atom stereocenters. The molecule has 1 aromatic heterocycles. The fourth-order valence-corrected chi connectivity index (χ4v) is 0.649. The van der Waals surface area contributed by atoms with Crippen molar-refractivity contribution < 1.29 is 13.9 Å². The summed E-state index contributed by atoms with van der Waals surface area (Å²) >= 11 is 0. The largest absolute Gasteiger partial charge is 0.390 e. The number of hydrogen-bond acceptors (Lipinski definition) is 3. The number of aliphatic hydroxyl groups is 1. The van der Waals surface area contributed by atoms with Crippen LogP contribution in [0.2, 0.25) is 0 Å². The lowest BCUT2D eigenvalue weighted by atomic mass is 10.2. The van der Waals surface area contributed by atoms with Gasteiger partial charge in [0.2, 0.25) is 0 Å². The molecule has 0 unspecified atom stereocenters. The Morgan fingerprint density at radius 2 is 2.15 bits per heavy atom. The van der Waals surface area contributed by atoms with Crippen molar-refractivity contribution in [2.45, 2.75) is 5.92 Å². The van der Waals surface area contributed by atoms with E-state index in [4.69, 9.17) is 11.7 Å². The highest BCUT2D eigenvalue weighted by Gasteiger charge is 2.33. The Balaban J connectivity index is 3.00. The Kier molecular flexibility index (Phi) is 2.49. The van der Waals surface area contributed by atoms with Crippen LogP contribution in [0.25, 0.3) is 4.85 Å². The normalized spacial score (nSPS) is 10.9. The molecular formula is C7H5F2N3O. The number of aliphatic hydroxyl groups excluding tert-OH is 1. The minimum Gasteiger partial charge on any atom is -0.390 e. The monoisotopic (exact) mass is 185 g/mol. The van der Waals surface area contributed by atoms with Crippen molar-refractivity contribution in [3.8, 4) is 0 Å². The van der Waals surface area contributed by atoms with Gasteiger partial charge in [-0.2, -0.15) is 8.78 Å². The fourth-order valence-electron chi connectivity index (χ4n) is 0.649. The summed E-state index contributed by atoms with van der Waals surface area (Å²) in [5.74, 6) is -3.45. The Hall–Kier alpha value is -1.61. The standard InChI is InChI=1S/C7H5F2N3O/c1-10-6-3-11-5(2-12-6)7(8,9)4-13/h2-3,13H,4H2. The van der Waals surface area contributed by atoms with Gasteiger partial charge in [0.15, 0.2) is 5.69 Å². The molecule has 0 radical (unpaired) electrons. The number of rotatable bonds is 2. The van der Waals surface area contributed by atoms with Crippen molar-refractivity contribution in [2.24, 2.45) is 0 Å². The molecule has 0 aromatic carbocycles. The maximum absolute atomic E-state index is 12.7. The number of alkyl halides is 2. The topological polar surface area (TPSA) is 50.4 Å². The number of halogens is 2. The van der Waals surface area contributed by atoms with Gasteiger partial charge >= 0.3 is 5.92 Å². The van der Waals surface area contributed by atoms with E-state index in [1.54, 1.807) is 0 Å². The van der Waals surface area contributed by atoms with Crippen LogP contribution in [0, 0.1) is 6.57 Å². The first-order valence-electron chi connectivity index (χ1n) is 3.29. The molecule has 1 rings (SSSR count). The molecule has 0 aliphatic rings. The molecule has 0 aliphatic carbocycles. The zero-order chi connectivity index (χ0) is 9.90. The number of hydrogen-bond donors (Lipinski definition) is 1. The second-order valence-electron chi connectivity index (χ2n) is 2.23. The lowest BCUT2D eigenvalue weighted by Gasteiger charge is -2.09. The highest BCUT2D eigenvalue weighted by atomic mass is 19.3. The van der Waals surface area contributed by atoms with Gasteiger partial charge in [-0.05, 0) is 0 Å². The second kappa shape index (κ2) is 3.41. The van der Waals surface area contributed by atoms with Gasteiger partial charge in [-0.3, -0.25) is 4.98 Å². The Morgan fingerprint density at radius 3 is 2.54 bits per heavy atom. The number of nitrogens with zero attached hydrogens (tertiary/aromatic N) is 3. The van der Waals surface area contributed by atoms with Crippen molar-refractivity contribution in [3.63, 3.8) is 0 Å². The summed E-state index contributed by atoms with van der Waals surface area (Å²) in [6.45, 7) is 5.18. The summed E-state index contributed by atoms with van der Waals surface area (Å²) in [4.78, 5) is 9.60. The average molecular weight is 185 g/mol. The van der Waals surface area contributed by atoms with E-state index in [1.165, 1.54) is 0 Å². The van der Waals surface area contributed by atoms with Gasteiger partial charge in [0.05, 0.1) is 6.20 Å². The van der Waals surface area contributed by atoms with Crippen molar-refractivity contribution in [1.82, 2.24) is 9.97 Å². The van der Waals surface area contributed by atoms with E-state index in [1.807, 2.05) is 0 Å². The fraction of sp³-hybridized carbons (Fsp3) is 0.286. The lowest BCUT2D eigenvalue weighted by molar-refractivity contribution is -0.0594. The van der Waals surface area contributed by atoms with E-state index in [0.29, 0.717) is 0 Å². The molecule has 13 heavy (non-hydrogen) atoms. The molecule has 0 amide bonds. The van der Waals surface area contributed by atoms with E-state index in [9.17, 15) is 8.78 Å². The van der Waals surface area contributed by atoms with E-state index < -0.39 is 18.2 Å². The predicted molar refractivity (Wildman–Crippen MR) is 39.3 cm³/mol. The first-order valence-corrected chi connectivity index (χ1v) is 3.29. The third-order valence-corrected chi connectivity index (χ3v) is 1.33. The third-order valence-electron chi connectivity index (χ3n) is 1.33. The third kappa shape index (κ3) is 1.95. The first kappa shape index (κ1) is 9.48. The van der Waals surface area contributed by atoms with Crippen LogP contribution in [0.1, 0.15) is 5.69 Å². The molecule has 0 saturated carbocycles. The summed E-state index contributed by atoms with van der Waals surface area (Å²) in [5.41, 5.74) is -0.637. The van der Waals surface area contributed by atoms with Gasteiger partial charge in [0.1, 0.15) is 12.8 Å². The Morgan fingerprint density at radius 1 is 1.46 bits per heavy atom. The van der Waals surface area contributed by atoms with Crippen LogP contribution >= 0.6 is 0 Å². The van der Waals surface area contributed by atoms with Crippen LogP contribution in [0.5, 0.6) is 0 Å². The molecule has 6 heteroatoms. The minimum atomic E-state index is -3.40. The summed E-state index contributed by atoms with van der Waals surface area (Å²) in [7, 11) is 0. The van der Waals surface area contributed by atoms with Gasteiger partial charge in [-0.15, -0.1) is 4.98 Å². The highest BCUT2D eigenvalue weighted by Crippen LogP contribution is 2.24. The second-order valence-corrected chi connectivity index (χ2v) is 2.23. The molecule has 68 valence electrons. The summed E-state index contributed by atoms with van der Waals surface area (Å²) < 4.78 is 25.4. The molecule has 0 aliphatic heterocycles. The van der Waals surface area contributed by atoms with E-state index in [-0.39, 0.29) is 5.82 Å². The van der Waals surface area contributed by atoms with Gasteiger partial charge < -0.3 is 9.95 Å². The minimum absolute atomic E-state index is 0.0579. The molecule has 1 aromatic rings. The van der Waals surface area contributed by atoms with Crippen LogP contribution in [0.3, 0.4) is 0 Å². The first-order chi connectivity index (χ1) is 6.10. The highest BCUT2D eigenvalue weighted by molar-refractivity contribution is 5.32. The molecule has 0 spiro atoms. The predicted octanol–water partition coefficient (Wildman–Crippen LogP) is 1.11. The van der Waals surface area contributed by atoms with Gasteiger partial charge in [0, 0.05) is 0 Å². The molecular weight excluding hydrogens is 180 g/mol. The molecule has 4 nitrogen and oxygen atoms in total. The Labute approximate surface area is 72.7 Å². The molecule has 1 heterocycles. The van der Waals surface area contributed by atoms with E-state index >= 15 is 0 Å².